The van der Waals surface area contributed by atoms with Gasteiger partial charge in [0, 0.05) is 17.3 Å². The number of carbonyl (C=O) groups excluding carboxylic acids is 1. The van der Waals surface area contributed by atoms with Crippen LogP contribution in [-0.2, 0) is 4.79 Å². The van der Waals surface area contributed by atoms with E-state index in [-0.39, 0.29) is 18.1 Å². The number of nitrogens with one attached hydrogen (secondary N) is 2. The van der Waals surface area contributed by atoms with E-state index in [0.717, 1.165) is 44.9 Å². The highest BCUT2D eigenvalue weighted by atomic mass is 32.2. The number of carbonyl (C=O) groups is 2. The summed E-state index contributed by atoms with van der Waals surface area (Å²) in [4.78, 5) is 23.6. The molecule has 2 fully saturated rings. The van der Waals surface area contributed by atoms with Crippen molar-refractivity contribution in [3.05, 3.63) is 0 Å². The molecule has 0 radical (unpaired) electrons. The Hall–Kier alpha value is -0.910. The fourth-order valence-electron chi connectivity index (χ4n) is 3.53. The molecule has 6 heteroatoms. The molecule has 0 spiro atoms. The predicted octanol–water partition coefficient (Wildman–Crippen LogP) is 2.60. The molecule has 21 heavy (non-hydrogen) atoms. The fraction of sp³-hybridized carbons (Fsp3) is 0.867. The highest BCUT2D eigenvalue weighted by molar-refractivity contribution is 7.99. The molecule has 120 valence electrons. The van der Waals surface area contributed by atoms with Crippen LogP contribution in [-0.4, -0.2) is 40.7 Å². The number of hydrogen-bond acceptors (Lipinski definition) is 3. The molecule has 0 aliphatic heterocycles. The second-order valence-corrected chi connectivity index (χ2v) is 7.20. The first-order chi connectivity index (χ1) is 10.1. The van der Waals surface area contributed by atoms with Crippen LogP contribution >= 0.6 is 11.8 Å². The zero-order valence-corrected chi connectivity index (χ0v) is 13.5. The number of carboxylic acids is 1. The molecule has 3 N–H and O–H groups in total. The van der Waals surface area contributed by atoms with Gasteiger partial charge in [-0.05, 0) is 31.9 Å². The third-order valence-corrected chi connectivity index (χ3v) is 5.89. The molecular weight excluding hydrogens is 288 g/mol. The lowest BCUT2D eigenvalue weighted by atomic mass is 9.95. The molecule has 4 unspecified atom stereocenters. The second kappa shape index (κ2) is 7.92. The minimum atomic E-state index is -0.787. The molecule has 0 aromatic rings. The van der Waals surface area contributed by atoms with Gasteiger partial charge in [-0.3, -0.25) is 4.79 Å². The van der Waals surface area contributed by atoms with Crippen molar-refractivity contribution in [1.82, 2.24) is 10.6 Å². The first kappa shape index (κ1) is 16.5. The van der Waals surface area contributed by atoms with E-state index in [1.807, 2.05) is 0 Å². The highest BCUT2D eigenvalue weighted by Crippen LogP contribution is 2.28. The van der Waals surface area contributed by atoms with Crippen LogP contribution in [0, 0.1) is 5.92 Å². The van der Waals surface area contributed by atoms with Gasteiger partial charge in [-0.15, -0.1) is 0 Å². The molecule has 0 saturated heterocycles. The first-order valence-electron chi connectivity index (χ1n) is 7.94. The maximum atomic E-state index is 12.2. The quantitative estimate of drug-likeness (QED) is 0.697. The molecule has 2 saturated carbocycles. The third-order valence-electron chi connectivity index (χ3n) is 4.72. The standard InChI is InChI=1S/C15H26N2O3S/c1-21-13-9-5-8-12(13)17-15(20)16-11-7-4-2-3-6-10(11)14(18)19/h10-13H,2-9H2,1H3,(H,18,19)(H2,16,17,20). The Morgan fingerprint density at radius 3 is 2.33 bits per heavy atom. The Labute approximate surface area is 130 Å². The number of urea groups is 1. The van der Waals surface area contributed by atoms with Crippen LogP contribution in [0.4, 0.5) is 4.79 Å². The zero-order valence-electron chi connectivity index (χ0n) is 12.6. The maximum Gasteiger partial charge on any atom is 0.315 e. The minimum Gasteiger partial charge on any atom is -0.481 e. The summed E-state index contributed by atoms with van der Waals surface area (Å²) in [6, 6.07) is -0.215. The molecule has 5 nitrogen and oxygen atoms in total. The Kier molecular flexibility index (Phi) is 6.21. The van der Waals surface area contributed by atoms with Crippen LogP contribution in [0.1, 0.15) is 51.4 Å². The average Bonchev–Trinajstić information content (AvgIpc) is 2.75. The van der Waals surface area contributed by atoms with Crippen LogP contribution in [0.25, 0.3) is 0 Å². The molecule has 2 aliphatic carbocycles. The van der Waals surface area contributed by atoms with Crippen molar-refractivity contribution < 1.29 is 14.7 Å². The van der Waals surface area contributed by atoms with Gasteiger partial charge in [-0.1, -0.05) is 25.7 Å². The van der Waals surface area contributed by atoms with Gasteiger partial charge in [-0.2, -0.15) is 11.8 Å². The van der Waals surface area contributed by atoms with Crippen LogP contribution in [0.3, 0.4) is 0 Å². The van der Waals surface area contributed by atoms with E-state index in [0.29, 0.717) is 11.7 Å². The smallest absolute Gasteiger partial charge is 0.315 e. The van der Waals surface area contributed by atoms with Crippen molar-refractivity contribution in [1.29, 1.82) is 0 Å². The third kappa shape index (κ3) is 4.53. The lowest BCUT2D eigenvalue weighted by Gasteiger charge is -2.25. The predicted molar refractivity (Wildman–Crippen MR) is 84.6 cm³/mol. The number of amides is 2. The Morgan fingerprint density at radius 2 is 1.62 bits per heavy atom. The monoisotopic (exact) mass is 314 g/mol. The normalized spacial score (nSPS) is 33.2. The summed E-state index contributed by atoms with van der Waals surface area (Å²) in [6.07, 6.45) is 9.81. The largest absolute Gasteiger partial charge is 0.481 e. The average molecular weight is 314 g/mol. The van der Waals surface area contributed by atoms with Gasteiger partial charge in [0.2, 0.25) is 0 Å². The van der Waals surface area contributed by atoms with E-state index in [1.165, 1.54) is 0 Å². The van der Waals surface area contributed by atoms with E-state index < -0.39 is 11.9 Å². The van der Waals surface area contributed by atoms with E-state index in [1.54, 1.807) is 11.8 Å². The Balaban J connectivity index is 1.88. The molecule has 0 bridgehead atoms. The Morgan fingerprint density at radius 1 is 0.952 bits per heavy atom. The molecule has 2 aliphatic rings. The highest BCUT2D eigenvalue weighted by Gasteiger charge is 2.32. The van der Waals surface area contributed by atoms with Crippen LogP contribution < -0.4 is 10.6 Å². The van der Waals surface area contributed by atoms with E-state index in [4.69, 9.17) is 0 Å². The van der Waals surface area contributed by atoms with Gasteiger partial charge in [0.25, 0.3) is 0 Å². The summed E-state index contributed by atoms with van der Waals surface area (Å²) in [6.45, 7) is 0. The molecule has 0 aromatic heterocycles. The molecule has 0 aromatic carbocycles. The summed E-state index contributed by atoms with van der Waals surface area (Å²) in [7, 11) is 0. The summed E-state index contributed by atoms with van der Waals surface area (Å²) >= 11 is 1.80. The fourth-order valence-corrected chi connectivity index (χ4v) is 4.46. The Bertz CT molecular complexity index is 378. The zero-order chi connectivity index (χ0) is 15.2. The molecular formula is C15H26N2O3S. The summed E-state index contributed by atoms with van der Waals surface area (Å²) in [5.41, 5.74) is 0. The van der Waals surface area contributed by atoms with Gasteiger partial charge in [-0.25, -0.2) is 4.79 Å². The number of thioether (sulfide) groups is 1. The summed E-state index contributed by atoms with van der Waals surface area (Å²) < 4.78 is 0. The van der Waals surface area contributed by atoms with Crippen LogP contribution in [0.5, 0.6) is 0 Å². The minimum absolute atomic E-state index is 0.195. The van der Waals surface area contributed by atoms with Crippen molar-refractivity contribution in [2.75, 3.05) is 6.26 Å². The van der Waals surface area contributed by atoms with Crippen LogP contribution in [0.2, 0.25) is 0 Å². The van der Waals surface area contributed by atoms with Gasteiger partial charge in [0.15, 0.2) is 0 Å². The number of hydrogen-bond donors (Lipinski definition) is 3. The topological polar surface area (TPSA) is 78.4 Å². The number of carboxylic acid groups (broad SMARTS) is 1. The van der Waals surface area contributed by atoms with E-state index >= 15 is 0 Å². The van der Waals surface area contributed by atoms with E-state index in [2.05, 4.69) is 16.9 Å². The van der Waals surface area contributed by atoms with Crippen molar-refractivity contribution in [3.8, 4) is 0 Å². The van der Waals surface area contributed by atoms with Gasteiger partial charge in [0.1, 0.15) is 0 Å². The van der Waals surface area contributed by atoms with Crippen molar-refractivity contribution in [3.63, 3.8) is 0 Å². The van der Waals surface area contributed by atoms with Gasteiger partial charge in [0.05, 0.1) is 5.92 Å². The number of rotatable bonds is 4. The lowest BCUT2D eigenvalue weighted by molar-refractivity contribution is -0.142. The van der Waals surface area contributed by atoms with Gasteiger partial charge < -0.3 is 15.7 Å². The molecule has 0 heterocycles. The first-order valence-corrected chi connectivity index (χ1v) is 9.23. The summed E-state index contributed by atoms with van der Waals surface area (Å²) in [5.74, 6) is -1.23. The van der Waals surface area contributed by atoms with Crippen molar-refractivity contribution in [2.45, 2.75) is 68.7 Å². The number of aliphatic carboxylic acids is 1. The molecule has 2 rings (SSSR count). The second-order valence-electron chi connectivity index (χ2n) is 6.12. The van der Waals surface area contributed by atoms with Crippen molar-refractivity contribution >= 4 is 23.8 Å². The lowest BCUT2D eigenvalue weighted by Crippen LogP contribution is -2.51. The molecule has 4 atom stereocenters. The summed E-state index contributed by atoms with van der Waals surface area (Å²) in [5, 5.41) is 15.8. The molecule has 2 amide bonds. The van der Waals surface area contributed by atoms with E-state index in [9.17, 15) is 14.7 Å². The van der Waals surface area contributed by atoms with Gasteiger partial charge >= 0.3 is 12.0 Å². The van der Waals surface area contributed by atoms with Crippen LogP contribution in [0.15, 0.2) is 0 Å². The van der Waals surface area contributed by atoms with Crippen molar-refractivity contribution in [2.24, 2.45) is 5.92 Å². The maximum absolute atomic E-state index is 12.2. The SMILES string of the molecule is CSC1CCCC1NC(=O)NC1CCCCCC1C(=O)O.